The van der Waals surface area contributed by atoms with Gasteiger partial charge in [-0.05, 0) is 48.9 Å². The molecule has 0 aliphatic heterocycles. The van der Waals surface area contributed by atoms with E-state index in [4.69, 9.17) is 11.6 Å². The van der Waals surface area contributed by atoms with Gasteiger partial charge < -0.3 is 5.32 Å². The third-order valence-electron chi connectivity index (χ3n) is 2.64. The molecule has 2 rings (SSSR count). The van der Waals surface area contributed by atoms with Crippen molar-refractivity contribution < 1.29 is 4.79 Å². The van der Waals surface area contributed by atoms with E-state index >= 15 is 0 Å². The zero-order valence-electron chi connectivity index (χ0n) is 10.1. The maximum Gasteiger partial charge on any atom is 0.181 e. The number of carbonyl (C=O) groups excluding carboxylic acids is 1. The van der Waals surface area contributed by atoms with Crippen LogP contribution in [0.25, 0.3) is 0 Å². The van der Waals surface area contributed by atoms with Crippen molar-refractivity contribution in [1.82, 2.24) is 0 Å². The summed E-state index contributed by atoms with van der Waals surface area (Å²) in [7, 11) is 0. The molecule has 0 saturated carbocycles. The fourth-order valence-electron chi connectivity index (χ4n) is 1.68. The molecule has 0 aromatic heterocycles. The monoisotopic (exact) mass is 259 g/mol. The molecule has 2 nitrogen and oxygen atoms in total. The zero-order valence-corrected chi connectivity index (χ0v) is 10.9. The van der Waals surface area contributed by atoms with Crippen LogP contribution in [-0.4, -0.2) is 12.3 Å². The van der Waals surface area contributed by atoms with E-state index in [9.17, 15) is 4.79 Å². The van der Waals surface area contributed by atoms with Gasteiger partial charge in [-0.15, -0.1) is 0 Å². The summed E-state index contributed by atoms with van der Waals surface area (Å²) in [6.45, 7) is 2.30. The van der Waals surface area contributed by atoms with Gasteiger partial charge in [-0.3, -0.25) is 4.79 Å². The summed E-state index contributed by atoms with van der Waals surface area (Å²) in [6, 6.07) is 14.9. The Hall–Kier alpha value is -1.80. The molecule has 3 heteroatoms. The minimum absolute atomic E-state index is 0.0492. The van der Waals surface area contributed by atoms with Gasteiger partial charge in [-0.1, -0.05) is 23.7 Å². The van der Waals surface area contributed by atoms with Crippen LogP contribution in [0.5, 0.6) is 0 Å². The van der Waals surface area contributed by atoms with Gasteiger partial charge in [-0.2, -0.15) is 0 Å². The van der Waals surface area contributed by atoms with Crippen molar-refractivity contribution >= 4 is 23.1 Å². The second kappa shape index (κ2) is 5.69. The third kappa shape index (κ3) is 3.34. The van der Waals surface area contributed by atoms with Crippen LogP contribution in [0, 0.1) is 6.92 Å². The Balaban J connectivity index is 1.98. The van der Waals surface area contributed by atoms with Gasteiger partial charge in [0.05, 0.1) is 6.54 Å². The molecular formula is C15H14ClNO. The lowest BCUT2D eigenvalue weighted by Crippen LogP contribution is -2.13. The summed E-state index contributed by atoms with van der Waals surface area (Å²) in [4.78, 5) is 11.9. The molecule has 0 unspecified atom stereocenters. The zero-order chi connectivity index (χ0) is 13.0. The van der Waals surface area contributed by atoms with Gasteiger partial charge in [0.25, 0.3) is 0 Å². The van der Waals surface area contributed by atoms with Gasteiger partial charge in [-0.25, -0.2) is 0 Å². The normalized spacial score (nSPS) is 10.1. The van der Waals surface area contributed by atoms with Gasteiger partial charge in [0.2, 0.25) is 0 Å². The highest BCUT2D eigenvalue weighted by Gasteiger charge is 2.05. The van der Waals surface area contributed by atoms with Crippen LogP contribution in [-0.2, 0) is 0 Å². The van der Waals surface area contributed by atoms with E-state index in [-0.39, 0.29) is 12.3 Å². The molecule has 0 bridgehead atoms. The first kappa shape index (κ1) is 12.7. The van der Waals surface area contributed by atoms with Crippen molar-refractivity contribution in [2.24, 2.45) is 0 Å². The molecule has 0 radical (unpaired) electrons. The minimum atomic E-state index is 0.0492. The molecule has 0 aliphatic rings. The number of aryl methyl sites for hydroxylation is 1. The third-order valence-corrected chi connectivity index (χ3v) is 2.89. The number of hydrogen-bond acceptors (Lipinski definition) is 2. The van der Waals surface area contributed by atoms with E-state index in [0.717, 1.165) is 5.69 Å². The number of nitrogens with one attached hydrogen (secondary N) is 1. The number of benzene rings is 2. The largest absolute Gasteiger partial charge is 0.378 e. The van der Waals surface area contributed by atoms with Crippen LogP contribution < -0.4 is 5.32 Å². The minimum Gasteiger partial charge on any atom is -0.378 e. The Morgan fingerprint density at radius 2 is 1.89 bits per heavy atom. The lowest BCUT2D eigenvalue weighted by molar-refractivity contribution is 0.101. The molecule has 0 heterocycles. The van der Waals surface area contributed by atoms with Crippen LogP contribution in [0.2, 0.25) is 5.02 Å². The van der Waals surface area contributed by atoms with E-state index in [1.807, 2.05) is 31.2 Å². The highest BCUT2D eigenvalue weighted by molar-refractivity contribution is 6.30. The van der Waals surface area contributed by atoms with Crippen LogP contribution in [0.3, 0.4) is 0 Å². The van der Waals surface area contributed by atoms with Crippen LogP contribution in [0.4, 0.5) is 5.69 Å². The number of ketones is 1. The quantitative estimate of drug-likeness (QED) is 0.843. The molecule has 18 heavy (non-hydrogen) atoms. The molecule has 0 saturated heterocycles. The topological polar surface area (TPSA) is 29.1 Å². The van der Waals surface area contributed by atoms with Gasteiger partial charge in [0.15, 0.2) is 5.78 Å². The maximum absolute atomic E-state index is 11.9. The Kier molecular flexibility index (Phi) is 4.00. The van der Waals surface area contributed by atoms with Crippen LogP contribution in [0.15, 0.2) is 48.5 Å². The highest BCUT2D eigenvalue weighted by atomic mass is 35.5. The number of carbonyl (C=O) groups is 1. The standard InChI is InChI=1S/C15H14ClNO/c1-11-3-2-4-14(9-11)17-10-15(18)12-5-7-13(16)8-6-12/h2-9,17H,10H2,1H3. The molecule has 0 aliphatic carbocycles. The first-order valence-electron chi connectivity index (χ1n) is 5.74. The van der Waals surface area contributed by atoms with Gasteiger partial charge in [0, 0.05) is 16.3 Å². The van der Waals surface area contributed by atoms with E-state index in [0.29, 0.717) is 10.6 Å². The van der Waals surface area contributed by atoms with Crippen molar-refractivity contribution in [3.63, 3.8) is 0 Å². The smallest absolute Gasteiger partial charge is 0.181 e. The summed E-state index contributed by atoms with van der Waals surface area (Å²) in [5, 5.41) is 3.75. The fraction of sp³-hybridized carbons (Fsp3) is 0.133. The summed E-state index contributed by atoms with van der Waals surface area (Å²) in [5.41, 5.74) is 2.79. The second-order valence-corrected chi connectivity index (χ2v) is 4.59. The van der Waals surface area contributed by atoms with Crippen molar-refractivity contribution in [1.29, 1.82) is 0 Å². The van der Waals surface area contributed by atoms with E-state index in [1.165, 1.54) is 5.56 Å². The first-order chi connectivity index (χ1) is 8.65. The molecule has 0 atom stereocenters. The van der Waals surface area contributed by atoms with E-state index in [1.54, 1.807) is 24.3 Å². The average molecular weight is 260 g/mol. The molecule has 0 spiro atoms. The molecule has 2 aromatic rings. The number of anilines is 1. The Morgan fingerprint density at radius 3 is 2.56 bits per heavy atom. The van der Waals surface area contributed by atoms with Gasteiger partial charge in [0.1, 0.15) is 0 Å². The summed E-state index contributed by atoms with van der Waals surface area (Å²) < 4.78 is 0. The Morgan fingerprint density at radius 1 is 1.17 bits per heavy atom. The Labute approximate surface area is 112 Å². The second-order valence-electron chi connectivity index (χ2n) is 4.15. The number of hydrogen-bond donors (Lipinski definition) is 1. The first-order valence-corrected chi connectivity index (χ1v) is 6.12. The lowest BCUT2D eigenvalue weighted by Gasteiger charge is -2.06. The predicted molar refractivity (Wildman–Crippen MR) is 75.5 cm³/mol. The SMILES string of the molecule is Cc1cccc(NCC(=O)c2ccc(Cl)cc2)c1. The summed E-state index contributed by atoms with van der Waals surface area (Å²) >= 11 is 5.78. The number of rotatable bonds is 4. The summed E-state index contributed by atoms with van der Waals surface area (Å²) in [6.07, 6.45) is 0. The predicted octanol–water partition coefficient (Wildman–Crippen LogP) is 3.94. The molecule has 1 N–H and O–H groups in total. The maximum atomic E-state index is 11.9. The molecule has 0 fully saturated rings. The summed E-state index contributed by atoms with van der Waals surface area (Å²) in [5.74, 6) is 0.0492. The van der Waals surface area contributed by atoms with Crippen LogP contribution in [0.1, 0.15) is 15.9 Å². The van der Waals surface area contributed by atoms with E-state index < -0.39 is 0 Å². The fourth-order valence-corrected chi connectivity index (χ4v) is 1.80. The van der Waals surface area contributed by atoms with Crippen LogP contribution >= 0.6 is 11.6 Å². The van der Waals surface area contributed by atoms with Crippen molar-refractivity contribution in [2.75, 3.05) is 11.9 Å². The Bertz CT molecular complexity index is 549. The number of halogens is 1. The van der Waals surface area contributed by atoms with Crippen molar-refractivity contribution in [2.45, 2.75) is 6.92 Å². The van der Waals surface area contributed by atoms with Crippen molar-refractivity contribution in [3.05, 3.63) is 64.7 Å². The molecular weight excluding hydrogens is 246 g/mol. The molecule has 0 amide bonds. The van der Waals surface area contributed by atoms with Gasteiger partial charge >= 0.3 is 0 Å². The van der Waals surface area contributed by atoms with E-state index in [2.05, 4.69) is 5.32 Å². The number of Topliss-reactive ketones (excluding diaryl/α,β-unsaturated/α-hetero) is 1. The average Bonchev–Trinajstić information content (AvgIpc) is 2.37. The molecule has 92 valence electrons. The van der Waals surface area contributed by atoms with Crippen molar-refractivity contribution in [3.8, 4) is 0 Å². The highest BCUT2D eigenvalue weighted by Crippen LogP contribution is 2.12. The molecule has 2 aromatic carbocycles. The lowest BCUT2D eigenvalue weighted by atomic mass is 10.1.